The van der Waals surface area contributed by atoms with Gasteiger partial charge in [-0.25, -0.2) is 4.79 Å². The number of rotatable bonds is 5. The molecule has 0 aliphatic heterocycles. The van der Waals surface area contributed by atoms with E-state index in [4.69, 9.17) is 0 Å². The van der Waals surface area contributed by atoms with E-state index in [1.54, 1.807) is 6.07 Å². The molecule has 0 radical (unpaired) electrons. The van der Waals surface area contributed by atoms with Gasteiger partial charge in [0.25, 0.3) is 0 Å². The summed E-state index contributed by atoms with van der Waals surface area (Å²) < 4.78 is 5.63. The van der Waals surface area contributed by atoms with Crippen LogP contribution < -0.4 is 5.32 Å². The Balaban J connectivity index is 1.94. The molecule has 18 heavy (non-hydrogen) atoms. The summed E-state index contributed by atoms with van der Waals surface area (Å²) in [4.78, 5) is 11.4. The van der Waals surface area contributed by atoms with Crippen molar-refractivity contribution in [1.82, 2.24) is 5.32 Å². The zero-order valence-corrected chi connectivity index (χ0v) is 12.3. The summed E-state index contributed by atoms with van der Waals surface area (Å²) in [5.41, 5.74) is 2.24. The Kier molecular flexibility index (Phi) is 4.07. The van der Waals surface area contributed by atoms with E-state index in [2.05, 4.69) is 32.9 Å². The zero-order valence-electron chi connectivity index (χ0n) is 10.8. The van der Waals surface area contributed by atoms with Crippen LogP contribution in [0.4, 0.5) is 0 Å². The molecule has 1 aromatic rings. The van der Waals surface area contributed by atoms with Crippen LogP contribution in [-0.2, 0) is 11.3 Å². The van der Waals surface area contributed by atoms with Gasteiger partial charge in [0.15, 0.2) is 0 Å². The van der Waals surface area contributed by atoms with Crippen molar-refractivity contribution in [2.24, 2.45) is 5.41 Å². The number of halogens is 1. The normalized spacial score (nSPS) is 16.4. The first-order valence-electron chi connectivity index (χ1n) is 6.11. The monoisotopic (exact) mass is 311 g/mol. The fourth-order valence-electron chi connectivity index (χ4n) is 1.82. The van der Waals surface area contributed by atoms with Crippen LogP contribution in [-0.4, -0.2) is 19.6 Å². The van der Waals surface area contributed by atoms with Gasteiger partial charge < -0.3 is 10.1 Å². The molecule has 0 saturated heterocycles. The van der Waals surface area contributed by atoms with Gasteiger partial charge in [-0.1, -0.05) is 28.9 Å². The van der Waals surface area contributed by atoms with Crippen molar-refractivity contribution in [3.63, 3.8) is 0 Å². The van der Waals surface area contributed by atoms with Crippen molar-refractivity contribution in [1.29, 1.82) is 0 Å². The molecule has 1 aromatic carbocycles. The molecule has 0 atom stereocenters. The zero-order chi connectivity index (χ0) is 13.2. The third kappa shape index (κ3) is 3.33. The highest BCUT2D eigenvalue weighted by Crippen LogP contribution is 2.44. The van der Waals surface area contributed by atoms with E-state index in [0.717, 1.165) is 23.1 Å². The van der Waals surface area contributed by atoms with Crippen LogP contribution in [0.15, 0.2) is 22.7 Å². The smallest absolute Gasteiger partial charge is 0.337 e. The Morgan fingerprint density at radius 1 is 1.50 bits per heavy atom. The van der Waals surface area contributed by atoms with Crippen LogP contribution >= 0.6 is 15.9 Å². The number of methoxy groups -OCH3 is 1. The van der Waals surface area contributed by atoms with Gasteiger partial charge in [0.1, 0.15) is 0 Å². The molecule has 1 N–H and O–H groups in total. The fraction of sp³-hybridized carbons (Fsp3) is 0.500. The Hall–Kier alpha value is -0.870. The molecule has 2 rings (SSSR count). The van der Waals surface area contributed by atoms with Crippen molar-refractivity contribution < 1.29 is 9.53 Å². The number of nitrogens with one attached hydrogen (secondary N) is 1. The first-order chi connectivity index (χ1) is 8.54. The molecule has 0 amide bonds. The van der Waals surface area contributed by atoms with Crippen molar-refractivity contribution in [2.45, 2.75) is 26.3 Å². The number of carbonyl (C=O) groups excluding carboxylic acids is 1. The van der Waals surface area contributed by atoms with Crippen LogP contribution in [0.3, 0.4) is 0 Å². The third-order valence-corrected chi connectivity index (χ3v) is 4.18. The highest BCUT2D eigenvalue weighted by Gasteiger charge is 2.36. The lowest BCUT2D eigenvalue weighted by atomic mass is 10.1. The summed E-state index contributed by atoms with van der Waals surface area (Å²) in [6, 6.07) is 5.56. The largest absolute Gasteiger partial charge is 0.465 e. The highest BCUT2D eigenvalue weighted by atomic mass is 79.9. The molecule has 0 unspecified atom stereocenters. The van der Waals surface area contributed by atoms with Gasteiger partial charge in [-0.2, -0.15) is 0 Å². The van der Waals surface area contributed by atoms with Crippen LogP contribution in [0.2, 0.25) is 0 Å². The summed E-state index contributed by atoms with van der Waals surface area (Å²) >= 11 is 3.49. The van der Waals surface area contributed by atoms with Crippen molar-refractivity contribution >= 4 is 21.9 Å². The van der Waals surface area contributed by atoms with Gasteiger partial charge in [-0.15, -0.1) is 0 Å². The lowest BCUT2D eigenvalue weighted by molar-refractivity contribution is 0.0600. The van der Waals surface area contributed by atoms with Gasteiger partial charge in [0, 0.05) is 17.6 Å². The predicted octanol–water partition coefficient (Wildman–Crippen LogP) is 3.13. The summed E-state index contributed by atoms with van der Waals surface area (Å²) in [5, 5.41) is 3.46. The summed E-state index contributed by atoms with van der Waals surface area (Å²) in [7, 11) is 1.39. The molecule has 4 heteroatoms. The standard InChI is InChI=1S/C14H18BrNO2/c1-14(5-6-14)9-16-8-11-4-3-10(7-12(11)15)13(17)18-2/h3-4,7,16H,5-6,8-9H2,1-2H3. The van der Waals surface area contributed by atoms with Crippen LogP contribution in [0.5, 0.6) is 0 Å². The maximum absolute atomic E-state index is 11.4. The molecule has 1 aliphatic rings. The molecule has 0 heterocycles. The molecule has 0 spiro atoms. The van der Waals surface area contributed by atoms with E-state index in [1.165, 1.54) is 20.0 Å². The quantitative estimate of drug-likeness (QED) is 0.849. The Labute approximate surface area is 116 Å². The molecule has 3 nitrogen and oxygen atoms in total. The van der Waals surface area contributed by atoms with Gasteiger partial charge in [-0.3, -0.25) is 0 Å². The van der Waals surface area contributed by atoms with Gasteiger partial charge in [0.05, 0.1) is 12.7 Å². The molecule has 0 aromatic heterocycles. The Morgan fingerprint density at radius 2 is 2.22 bits per heavy atom. The SMILES string of the molecule is COC(=O)c1ccc(CNCC2(C)CC2)c(Br)c1. The number of benzene rings is 1. The number of hydrogen-bond donors (Lipinski definition) is 1. The maximum Gasteiger partial charge on any atom is 0.337 e. The summed E-state index contributed by atoms with van der Waals surface area (Å²) in [6.07, 6.45) is 2.64. The predicted molar refractivity (Wildman–Crippen MR) is 74.5 cm³/mol. The first kappa shape index (κ1) is 13.6. The first-order valence-corrected chi connectivity index (χ1v) is 6.91. The lowest BCUT2D eigenvalue weighted by Gasteiger charge is -2.11. The average molecular weight is 312 g/mol. The number of hydrogen-bond acceptors (Lipinski definition) is 3. The molecule has 0 bridgehead atoms. The third-order valence-electron chi connectivity index (χ3n) is 3.44. The number of carbonyl (C=O) groups is 1. The van der Waals surface area contributed by atoms with E-state index in [9.17, 15) is 4.79 Å². The molecular weight excluding hydrogens is 294 g/mol. The average Bonchev–Trinajstić information content (AvgIpc) is 3.08. The van der Waals surface area contributed by atoms with Gasteiger partial charge in [0.2, 0.25) is 0 Å². The molecule has 1 fully saturated rings. The minimum atomic E-state index is -0.305. The van der Waals surface area contributed by atoms with Gasteiger partial charge in [-0.05, 0) is 36.0 Å². The summed E-state index contributed by atoms with van der Waals surface area (Å²) in [6.45, 7) is 4.17. The number of ether oxygens (including phenoxy) is 1. The second-order valence-electron chi connectivity index (χ2n) is 5.21. The van der Waals surface area contributed by atoms with E-state index in [1.807, 2.05) is 12.1 Å². The topological polar surface area (TPSA) is 38.3 Å². The van der Waals surface area contributed by atoms with E-state index in [0.29, 0.717) is 11.0 Å². The Bertz CT molecular complexity index is 455. The Morgan fingerprint density at radius 3 is 2.78 bits per heavy atom. The van der Waals surface area contributed by atoms with E-state index < -0.39 is 0 Å². The van der Waals surface area contributed by atoms with Crippen molar-refractivity contribution in [2.75, 3.05) is 13.7 Å². The minimum absolute atomic E-state index is 0.305. The second kappa shape index (κ2) is 5.41. The minimum Gasteiger partial charge on any atom is -0.465 e. The number of esters is 1. The maximum atomic E-state index is 11.4. The highest BCUT2D eigenvalue weighted by molar-refractivity contribution is 9.10. The van der Waals surface area contributed by atoms with Crippen LogP contribution in [0.1, 0.15) is 35.7 Å². The molecule has 1 saturated carbocycles. The second-order valence-corrected chi connectivity index (χ2v) is 6.07. The van der Waals surface area contributed by atoms with Crippen molar-refractivity contribution in [3.8, 4) is 0 Å². The van der Waals surface area contributed by atoms with Gasteiger partial charge >= 0.3 is 5.97 Å². The van der Waals surface area contributed by atoms with Crippen molar-refractivity contribution in [3.05, 3.63) is 33.8 Å². The molecule has 1 aliphatic carbocycles. The van der Waals surface area contributed by atoms with E-state index >= 15 is 0 Å². The van der Waals surface area contributed by atoms with Crippen LogP contribution in [0.25, 0.3) is 0 Å². The lowest BCUT2D eigenvalue weighted by Crippen LogP contribution is -2.21. The molecule has 98 valence electrons. The molecular formula is C14H18BrNO2. The van der Waals surface area contributed by atoms with Crippen LogP contribution in [0, 0.1) is 5.41 Å². The van der Waals surface area contributed by atoms with E-state index in [-0.39, 0.29) is 5.97 Å². The fourth-order valence-corrected chi connectivity index (χ4v) is 2.34. The summed E-state index contributed by atoms with van der Waals surface area (Å²) in [5.74, 6) is -0.305.